The van der Waals surface area contributed by atoms with Crippen LogP contribution in [0.2, 0.25) is 0 Å². The van der Waals surface area contributed by atoms with Crippen molar-refractivity contribution in [2.24, 2.45) is 0 Å². The average Bonchev–Trinajstić information content (AvgIpc) is 2.72. The van der Waals surface area contributed by atoms with Crippen LogP contribution in [0.5, 0.6) is 0 Å². The molecule has 0 spiro atoms. The van der Waals surface area contributed by atoms with Gasteiger partial charge in [0.25, 0.3) is 5.91 Å². The van der Waals surface area contributed by atoms with E-state index in [1.165, 1.54) is 17.7 Å². The number of nitrogens with zero attached hydrogens (tertiary/aromatic N) is 3. The van der Waals surface area contributed by atoms with Crippen LogP contribution in [0.15, 0.2) is 54.6 Å². The van der Waals surface area contributed by atoms with Gasteiger partial charge >= 0.3 is 0 Å². The second-order valence-electron chi connectivity index (χ2n) is 6.89. The molecule has 1 aromatic heterocycles. The molecule has 0 saturated carbocycles. The van der Waals surface area contributed by atoms with Gasteiger partial charge in [-0.05, 0) is 55.2 Å². The first-order chi connectivity index (χ1) is 13.6. The molecule has 142 valence electrons. The molecule has 0 radical (unpaired) electrons. The fourth-order valence-corrected chi connectivity index (χ4v) is 3.41. The maximum atomic E-state index is 13.0. The summed E-state index contributed by atoms with van der Waals surface area (Å²) in [7, 11) is 0. The number of aromatic nitrogens is 2. The lowest BCUT2D eigenvalue weighted by molar-refractivity contribution is 0.0945. The van der Waals surface area contributed by atoms with Crippen LogP contribution in [0.3, 0.4) is 0 Å². The van der Waals surface area contributed by atoms with Crippen molar-refractivity contribution in [3.8, 4) is 0 Å². The minimum atomic E-state index is -0.298. The molecule has 1 aliphatic heterocycles. The van der Waals surface area contributed by atoms with Crippen molar-refractivity contribution in [2.75, 3.05) is 11.4 Å². The molecule has 2 heterocycles. The van der Waals surface area contributed by atoms with Crippen LogP contribution in [-0.2, 0) is 13.0 Å². The van der Waals surface area contributed by atoms with Crippen molar-refractivity contribution < 1.29 is 9.18 Å². The van der Waals surface area contributed by atoms with Gasteiger partial charge in [-0.15, -0.1) is 0 Å². The summed E-state index contributed by atoms with van der Waals surface area (Å²) in [5.41, 5.74) is 4.25. The summed E-state index contributed by atoms with van der Waals surface area (Å²) in [4.78, 5) is 23.8. The number of anilines is 2. The van der Waals surface area contributed by atoms with Gasteiger partial charge in [-0.25, -0.2) is 14.4 Å². The van der Waals surface area contributed by atoms with Gasteiger partial charge in [-0.1, -0.05) is 30.3 Å². The minimum Gasteiger partial charge on any atom is -0.347 e. The van der Waals surface area contributed by atoms with Gasteiger partial charge in [-0.3, -0.25) is 4.79 Å². The Morgan fingerprint density at radius 2 is 1.93 bits per heavy atom. The molecule has 2 aromatic carbocycles. The maximum absolute atomic E-state index is 13.0. The number of hydrogen-bond donors (Lipinski definition) is 1. The van der Waals surface area contributed by atoms with Gasteiger partial charge in [0.1, 0.15) is 11.5 Å². The Hall–Kier alpha value is -3.28. The topological polar surface area (TPSA) is 58.1 Å². The molecule has 28 heavy (non-hydrogen) atoms. The summed E-state index contributed by atoms with van der Waals surface area (Å²) in [5.74, 6) is -0.0339. The van der Waals surface area contributed by atoms with Crippen LogP contribution in [0, 0.1) is 12.7 Å². The lowest BCUT2D eigenvalue weighted by Gasteiger charge is -2.29. The molecule has 0 aliphatic carbocycles. The van der Waals surface area contributed by atoms with E-state index >= 15 is 0 Å². The van der Waals surface area contributed by atoms with Gasteiger partial charge in [-0.2, -0.15) is 0 Å². The average molecular weight is 376 g/mol. The number of carbonyl (C=O) groups is 1. The van der Waals surface area contributed by atoms with Crippen LogP contribution in [0.4, 0.5) is 16.0 Å². The highest BCUT2D eigenvalue weighted by Crippen LogP contribution is 2.31. The number of fused-ring (bicyclic) bond motifs is 1. The van der Waals surface area contributed by atoms with Gasteiger partial charge in [0, 0.05) is 24.5 Å². The molecule has 5 nitrogen and oxygen atoms in total. The molecule has 0 fully saturated rings. The molecule has 0 saturated heterocycles. The predicted molar refractivity (Wildman–Crippen MR) is 106 cm³/mol. The number of benzene rings is 2. The van der Waals surface area contributed by atoms with Crippen molar-refractivity contribution in [1.82, 2.24) is 15.3 Å². The number of para-hydroxylation sites is 1. The smallest absolute Gasteiger partial charge is 0.270 e. The number of nitrogens with one attached hydrogen (secondary N) is 1. The van der Waals surface area contributed by atoms with Crippen molar-refractivity contribution in [1.29, 1.82) is 0 Å². The largest absolute Gasteiger partial charge is 0.347 e. The highest BCUT2D eigenvalue weighted by atomic mass is 19.1. The number of aryl methyl sites for hydroxylation is 2. The van der Waals surface area contributed by atoms with E-state index in [2.05, 4.69) is 32.3 Å². The van der Waals surface area contributed by atoms with E-state index in [9.17, 15) is 9.18 Å². The zero-order valence-corrected chi connectivity index (χ0v) is 15.7. The molecule has 1 amide bonds. The zero-order valence-electron chi connectivity index (χ0n) is 15.7. The Labute approximate surface area is 163 Å². The van der Waals surface area contributed by atoms with Crippen LogP contribution >= 0.6 is 0 Å². The number of hydrogen-bond acceptors (Lipinski definition) is 4. The third kappa shape index (κ3) is 3.86. The zero-order chi connectivity index (χ0) is 19.5. The quantitative estimate of drug-likeness (QED) is 0.749. The molecular formula is C22H21FN4O. The fraction of sp³-hybridized carbons (Fsp3) is 0.227. The molecule has 0 bridgehead atoms. The summed E-state index contributed by atoms with van der Waals surface area (Å²) in [6, 6.07) is 16.0. The molecule has 1 aliphatic rings. The molecular weight excluding hydrogens is 355 g/mol. The van der Waals surface area contributed by atoms with Crippen LogP contribution in [-0.4, -0.2) is 22.4 Å². The molecule has 0 atom stereocenters. The van der Waals surface area contributed by atoms with Crippen LogP contribution < -0.4 is 10.2 Å². The van der Waals surface area contributed by atoms with E-state index in [0.717, 1.165) is 36.3 Å². The summed E-state index contributed by atoms with van der Waals surface area (Å²) in [5, 5.41) is 2.84. The SMILES string of the molecule is Cc1cc(C(=O)NCc2ccc(F)cc2)nc(N2CCCc3ccccc32)n1. The van der Waals surface area contributed by atoms with E-state index in [1.54, 1.807) is 18.2 Å². The highest BCUT2D eigenvalue weighted by Gasteiger charge is 2.21. The lowest BCUT2D eigenvalue weighted by atomic mass is 10.0. The van der Waals surface area contributed by atoms with E-state index in [0.29, 0.717) is 18.2 Å². The first kappa shape index (κ1) is 18.1. The van der Waals surface area contributed by atoms with Crippen molar-refractivity contribution >= 4 is 17.5 Å². The number of rotatable bonds is 4. The van der Waals surface area contributed by atoms with Gasteiger partial charge < -0.3 is 10.2 Å². The Morgan fingerprint density at radius 3 is 2.75 bits per heavy atom. The van der Waals surface area contributed by atoms with E-state index in [4.69, 9.17) is 0 Å². The number of carbonyl (C=O) groups excluding carboxylic acids is 1. The van der Waals surface area contributed by atoms with E-state index in [1.807, 2.05) is 19.1 Å². The molecule has 0 unspecified atom stereocenters. The Balaban J connectivity index is 1.56. The first-order valence-corrected chi connectivity index (χ1v) is 9.34. The monoisotopic (exact) mass is 376 g/mol. The van der Waals surface area contributed by atoms with E-state index < -0.39 is 0 Å². The molecule has 1 N–H and O–H groups in total. The predicted octanol–water partition coefficient (Wildman–Crippen LogP) is 3.94. The van der Waals surface area contributed by atoms with Crippen LogP contribution in [0.25, 0.3) is 0 Å². The summed E-state index contributed by atoms with van der Waals surface area (Å²) in [6.45, 7) is 2.99. The summed E-state index contributed by atoms with van der Waals surface area (Å²) < 4.78 is 13.0. The van der Waals surface area contributed by atoms with Gasteiger partial charge in [0.2, 0.25) is 5.95 Å². The van der Waals surface area contributed by atoms with Crippen molar-refractivity contribution in [3.63, 3.8) is 0 Å². The normalized spacial score (nSPS) is 13.1. The highest BCUT2D eigenvalue weighted by molar-refractivity contribution is 5.92. The Bertz CT molecular complexity index is 1000. The second kappa shape index (κ2) is 7.76. The lowest BCUT2D eigenvalue weighted by Crippen LogP contribution is -2.29. The third-order valence-electron chi connectivity index (χ3n) is 4.79. The first-order valence-electron chi connectivity index (χ1n) is 9.34. The standard InChI is InChI=1S/C22H21FN4O/c1-15-13-19(21(28)24-14-16-8-10-18(23)11-9-16)26-22(25-15)27-12-4-6-17-5-2-3-7-20(17)27/h2-3,5,7-11,13H,4,6,12,14H2,1H3,(H,24,28). The number of halogens is 1. The van der Waals surface area contributed by atoms with Crippen molar-refractivity contribution in [3.05, 3.63) is 82.9 Å². The third-order valence-corrected chi connectivity index (χ3v) is 4.79. The molecule has 6 heteroatoms. The minimum absolute atomic E-state index is 0.277. The Kier molecular flexibility index (Phi) is 5.02. The van der Waals surface area contributed by atoms with E-state index in [-0.39, 0.29) is 11.7 Å². The summed E-state index contributed by atoms with van der Waals surface area (Å²) in [6.07, 6.45) is 2.05. The fourth-order valence-electron chi connectivity index (χ4n) is 3.41. The van der Waals surface area contributed by atoms with Crippen LogP contribution in [0.1, 0.15) is 33.7 Å². The number of amides is 1. The second-order valence-corrected chi connectivity index (χ2v) is 6.89. The van der Waals surface area contributed by atoms with Gasteiger partial charge in [0.15, 0.2) is 0 Å². The molecule has 3 aromatic rings. The summed E-state index contributed by atoms with van der Waals surface area (Å²) >= 11 is 0. The van der Waals surface area contributed by atoms with Crippen molar-refractivity contribution in [2.45, 2.75) is 26.3 Å². The molecule has 4 rings (SSSR count). The maximum Gasteiger partial charge on any atom is 0.270 e. The van der Waals surface area contributed by atoms with Gasteiger partial charge in [0.05, 0.1) is 0 Å². The Morgan fingerprint density at radius 1 is 1.14 bits per heavy atom.